The first-order valence-corrected chi connectivity index (χ1v) is 11.4. The number of carbonyl (C=O) groups excluding carboxylic acids is 4. The van der Waals surface area contributed by atoms with E-state index in [1.54, 1.807) is 11.8 Å². The Morgan fingerprint density at radius 3 is 2.33 bits per heavy atom. The number of allylic oxidation sites excluding steroid dienone is 6. The second-order valence-corrected chi connectivity index (χ2v) is 8.47. The third kappa shape index (κ3) is 4.53. The van der Waals surface area contributed by atoms with Crippen molar-refractivity contribution in [2.45, 2.75) is 20.4 Å². The quantitative estimate of drug-likeness (QED) is 0.274. The van der Waals surface area contributed by atoms with Crippen LogP contribution in [0.4, 0.5) is 14.5 Å². The van der Waals surface area contributed by atoms with Crippen molar-refractivity contribution in [1.82, 2.24) is 9.47 Å². The molecule has 2 heterocycles. The van der Waals surface area contributed by atoms with Crippen molar-refractivity contribution in [3.05, 3.63) is 75.6 Å². The van der Waals surface area contributed by atoms with Crippen LogP contribution >= 0.6 is 0 Å². The van der Waals surface area contributed by atoms with Gasteiger partial charge in [-0.2, -0.15) is 0 Å². The monoisotopic (exact) mass is 495 g/mol. The maximum atomic E-state index is 15.7. The summed E-state index contributed by atoms with van der Waals surface area (Å²) in [7, 11) is 0. The summed E-state index contributed by atoms with van der Waals surface area (Å²) in [6, 6.07) is 0.941. The Balaban J connectivity index is 1.73. The molecule has 1 fully saturated rings. The number of hydrogen-bond acceptors (Lipinski definition) is 6. The van der Waals surface area contributed by atoms with E-state index in [0.717, 1.165) is 24.3 Å². The number of halogens is 2. The lowest BCUT2D eigenvalue weighted by atomic mass is 10.0. The zero-order valence-corrected chi connectivity index (χ0v) is 19.7. The molecule has 0 saturated carbocycles. The molecule has 0 spiro atoms. The average molecular weight is 495 g/mol. The molecule has 8 nitrogen and oxygen atoms in total. The Kier molecular flexibility index (Phi) is 6.78. The molecular weight excluding hydrogens is 472 g/mol. The molecule has 1 aromatic heterocycles. The van der Waals surface area contributed by atoms with Crippen LogP contribution in [0.5, 0.6) is 0 Å². The molecule has 0 radical (unpaired) electrons. The summed E-state index contributed by atoms with van der Waals surface area (Å²) in [5, 5.41) is -0.269. The van der Waals surface area contributed by atoms with Crippen LogP contribution in [0.15, 0.2) is 53.0 Å². The predicted octanol–water partition coefficient (Wildman–Crippen LogP) is 2.34. The van der Waals surface area contributed by atoms with Gasteiger partial charge in [0.15, 0.2) is 11.6 Å². The number of nitrogens with zero attached hydrogens (tertiary/aromatic N) is 3. The number of benzene rings is 1. The van der Waals surface area contributed by atoms with Gasteiger partial charge in [0.05, 0.1) is 16.5 Å². The van der Waals surface area contributed by atoms with Crippen LogP contribution < -0.4 is 10.3 Å². The SMILES string of the molecule is CCn1cc(C(=O)C=CC2=CC(=O)C(=O)C=C2)c(=O)c2cc(F)c(N3CCN(C(C)=O)CC3)c(F)c21. The van der Waals surface area contributed by atoms with E-state index in [9.17, 15) is 24.0 Å². The van der Waals surface area contributed by atoms with E-state index in [-0.39, 0.29) is 47.7 Å². The van der Waals surface area contributed by atoms with Gasteiger partial charge in [0.2, 0.25) is 22.9 Å². The summed E-state index contributed by atoms with van der Waals surface area (Å²) in [6.45, 7) is 4.43. The van der Waals surface area contributed by atoms with E-state index < -0.39 is 34.4 Å². The van der Waals surface area contributed by atoms with Gasteiger partial charge in [-0.3, -0.25) is 24.0 Å². The number of carbonyl (C=O) groups is 4. The maximum absolute atomic E-state index is 15.7. The minimum Gasteiger partial charge on any atom is -0.363 e. The van der Waals surface area contributed by atoms with Gasteiger partial charge < -0.3 is 14.4 Å². The topological polar surface area (TPSA) is 96.8 Å². The number of amides is 1. The highest BCUT2D eigenvalue weighted by Crippen LogP contribution is 2.31. The van der Waals surface area contributed by atoms with Gasteiger partial charge in [0, 0.05) is 45.8 Å². The average Bonchev–Trinajstić information content (AvgIpc) is 2.85. The summed E-state index contributed by atoms with van der Waals surface area (Å²) < 4.78 is 32.2. The summed E-state index contributed by atoms with van der Waals surface area (Å²) >= 11 is 0. The number of fused-ring (bicyclic) bond motifs is 1. The van der Waals surface area contributed by atoms with Gasteiger partial charge in [-0.25, -0.2) is 8.78 Å². The minimum absolute atomic E-state index is 0.115. The van der Waals surface area contributed by atoms with Crippen molar-refractivity contribution in [3.8, 4) is 0 Å². The van der Waals surface area contributed by atoms with Crippen LogP contribution in [0.2, 0.25) is 0 Å². The van der Waals surface area contributed by atoms with Gasteiger partial charge in [0.1, 0.15) is 11.5 Å². The molecule has 2 aliphatic rings. The van der Waals surface area contributed by atoms with Crippen molar-refractivity contribution >= 4 is 39.8 Å². The Bertz CT molecular complexity index is 1460. The van der Waals surface area contributed by atoms with Crippen LogP contribution in [0.1, 0.15) is 24.2 Å². The molecule has 10 heteroatoms. The highest BCUT2D eigenvalue weighted by Gasteiger charge is 2.27. The molecule has 1 amide bonds. The van der Waals surface area contributed by atoms with Crippen molar-refractivity contribution in [3.63, 3.8) is 0 Å². The number of pyridine rings is 1. The number of rotatable bonds is 5. The van der Waals surface area contributed by atoms with E-state index in [1.165, 1.54) is 34.7 Å². The number of piperazine rings is 1. The minimum atomic E-state index is -0.933. The molecule has 1 aromatic carbocycles. The molecule has 4 rings (SSSR count). The molecule has 0 bridgehead atoms. The van der Waals surface area contributed by atoms with Crippen LogP contribution in [-0.4, -0.2) is 58.9 Å². The summed E-state index contributed by atoms with van der Waals surface area (Å²) in [4.78, 5) is 63.4. The molecule has 186 valence electrons. The van der Waals surface area contributed by atoms with Crippen LogP contribution in [0.25, 0.3) is 10.9 Å². The Hall–Kier alpha value is -4.21. The first kappa shape index (κ1) is 24.9. The molecule has 1 saturated heterocycles. The molecule has 0 N–H and O–H groups in total. The number of anilines is 1. The van der Waals surface area contributed by atoms with Crippen LogP contribution in [0, 0.1) is 11.6 Å². The van der Waals surface area contributed by atoms with Gasteiger partial charge in [-0.1, -0.05) is 12.2 Å². The number of aromatic nitrogens is 1. The molecule has 36 heavy (non-hydrogen) atoms. The second-order valence-electron chi connectivity index (χ2n) is 8.47. The van der Waals surface area contributed by atoms with Crippen molar-refractivity contribution in [2.24, 2.45) is 0 Å². The van der Waals surface area contributed by atoms with E-state index in [2.05, 4.69) is 0 Å². The first-order chi connectivity index (χ1) is 17.1. The number of ketones is 3. The van der Waals surface area contributed by atoms with Gasteiger partial charge in [-0.15, -0.1) is 0 Å². The fourth-order valence-corrected chi connectivity index (χ4v) is 4.33. The molecule has 0 atom stereocenters. The Labute approximate surface area is 204 Å². The van der Waals surface area contributed by atoms with E-state index in [1.807, 2.05) is 0 Å². The lowest BCUT2D eigenvalue weighted by Gasteiger charge is -2.36. The van der Waals surface area contributed by atoms with Gasteiger partial charge in [0.25, 0.3) is 0 Å². The lowest BCUT2D eigenvalue weighted by Crippen LogP contribution is -2.48. The fourth-order valence-electron chi connectivity index (χ4n) is 4.33. The summed E-state index contributed by atoms with van der Waals surface area (Å²) in [5.74, 6) is -4.08. The van der Waals surface area contributed by atoms with E-state index in [4.69, 9.17) is 0 Å². The molecule has 1 aliphatic heterocycles. The third-order valence-corrected chi connectivity index (χ3v) is 6.27. The van der Waals surface area contributed by atoms with Crippen molar-refractivity contribution < 1.29 is 28.0 Å². The Morgan fingerprint density at radius 2 is 1.72 bits per heavy atom. The van der Waals surface area contributed by atoms with E-state index >= 15 is 8.78 Å². The predicted molar refractivity (Wildman–Crippen MR) is 129 cm³/mol. The first-order valence-electron chi connectivity index (χ1n) is 11.4. The number of aryl methyl sites for hydroxylation is 1. The summed E-state index contributed by atoms with van der Waals surface area (Å²) in [6.07, 6.45) is 7.09. The molecule has 1 aliphatic carbocycles. The lowest BCUT2D eigenvalue weighted by molar-refractivity contribution is -0.131. The third-order valence-electron chi connectivity index (χ3n) is 6.27. The fraction of sp³-hybridized carbons (Fsp3) is 0.269. The van der Waals surface area contributed by atoms with Crippen molar-refractivity contribution in [2.75, 3.05) is 31.1 Å². The zero-order chi connectivity index (χ0) is 26.1. The Morgan fingerprint density at radius 1 is 1.03 bits per heavy atom. The molecule has 0 unspecified atom stereocenters. The zero-order valence-electron chi connectivity index (χ0n) is 19.7. The number of hydrogen-bond donors (Lipinski definition) is 0. The second kappa shape index (κ2) is 9.80. The highest BCUT2D eigenvalue weighted by atomic mass is 19.1. The largest absolute Gasteiger partial charge is 0.363 e. The van der Waals surface area contributed by atoms with Crippen molar-refractivity contribution in [1.29, 1.82) is 0 Å². The maximum Gasteiger partial charge on any atom is 0.226 e. The van der Waals surface area contributed by atoms with Crippen LogP contribution in [-0.2, 0) is 20.9 Å². The highest BCUT2D eigenvalue weighted by molar-refractivity contribution is 6.46. The van der Waals surface area contributed by atoms with Crippen LogP contribution in [0.3, 0.4) is 0 Å². The smallest absolute Gasteiger partial charge is 0.226 e. The van der Waals surface area contributed by atoms with Gasteiger partial charge in [-0.05, 0) is 36.8 Å². The van der Waals surface area contributed by atoms with Gasteiger partial charge >= 0.3 is 0 Å². The van der Waals surface area contributed by atoms with E-state index in [0.29, 0.717) is 18.7 Å². The normalized spacial score (nSPS) is 16.3. The molecular formula is C26H23F2N3O5. The standard InChI is InChI=1S/C26H23F2N3O5/c1-3-29-14-18(20(33)6-4-16-5-7-21(34)22(35)12-16)26(36)17-13-19(27)25(23(28)24(17)29)31-10-8-30(9-11-31)15(2)32/h4-7,12-14H,3,8-11H2,1-2H3. The molecule has 2 aromatic rings. The summed E-state index contributed by atoms with van der Waals surface area (Å²) in [5.41, 5.74) is -1.20.